The van der Waals surface area contributed by atoms with E-state index in [1.165, 1.54) is 0 Å². The second kappa shape index (κ2) is 8.37. The molecule has 4 aromatic rings. The van der Waals surface area contributed by atoms with Crippen LogP contribution in [0.4, 0.5) is 0 Å². The third kappa shape index (κ3) is 4.41. The van der Waals surface area contributed by atoms with Crippen LogP contribution >= 0.6 is 11.6 Å². The van der Waals surface area contributed by atoms with E-state index >= 15 is 0 Å². The van der Waals surface area contributed by atoms with Gasteiger partial charge in [-0.25, -0.2) is 4.68 Å². The summed E-state index contributed by atoms with van der Waals surface area (Å²) in [5.41, 5.74) is 3.48. The Kier molecular flexibility index (Phi) is 5.49. The molecule has 0 unspecified atom stereocenters. The Bertz CT molecular complexity index is 1090. The fourth-order valence-electron chi connectivity index (χ4n) is 3.13. The quantitative estimate of drug-likeness (QED) is 0.454. The Labute approximate surface area is 174 Å². The zero-order chi connectivity index (χ0) is 20.2. The largest absolute Gasteiger partial charge is 0.467 e. The highest BCUT2D eigenvalue weighted by Gasteiger charge is 2.18. The second-order valence-corrected chi connectivity index (χ2v) is 7.23. The molecule has 146 valence electrons. The second-order valence-electron chi connectivity index (χ2n) is 6.80. The molecule has 29 heavy (non-hydrogen) atoms. The van der Waals surface area contributed by atoms with Gasteiger partial charge in [-0.2, -0.15) is 5.10 Å². The highest BCUT2D eigenvalue weighted by atomic mass is 35.5. The van der Waals surface area contributed by atoms with Crippen molar-refractivity contribution in [2.75, 3.05) is 7.05 Å². The number of furan rings is 1. The van der Waals surface area contributed by atoms with Crippen LogP contribution in [0.15, 0.2) is 83.6 Å². The van der Waals surface area contributed by atoms with E-state index in [0.29, 0.717) is 11.6 Å². The molecule has 0 fully saturated rings. The lowest BCUT2D eigenvalue weighted by molar-refractivity contribution is -0.129. The summed E-state index contributed by atoms with van der Waals surface area (Å²) in [5.74, 6) is 0.739. The predicted octanol–water partition coefficient (Wildman–Crippen LogP) is 4.99. The predicted molar refractivity (Wildman–Crippen MR) is 113 cm³/mol. The average Bonchev–Trinajstić information content (AvgIpc) is 3.39. The zero-order valence-electron chi connectivity index (χ0n) is 16.0. The number of carbonyl (C=O) groups is 1. The Hall–Kier alpha value is -3.31. The number of carbonyl (C=O) groups excluding carboxylic acids is 1. The summed E-state index contributed by atoms with van der Waals surface area (Å²) in [4.78, 5) is 14.5. The van der Waals surface area contributed by atoms with Crippen molar-refractivity contribution in [3.05, 3.63) is 95.5 Å². The first-order valence-corrected chi connectivity index (χ1v) is 9.64. The van der Waals surface area contributed by atoms with E-state index in [-0.39, 0.29) is 12.3 Å². The number of likely N-dealkylation sites (N-methyl/N-ethyl adjacent to an activating group) is 1. The number of rotatable bonds is 6. The highest BCUT2D eigenvalue weighted by molar-refractivity contribution is 6.30. The van der Waals surface area contributed by atoms with Crippen molar-refractivity contribution in [3.63, 3.8) is 0 Å². The van der Waals surface area contributed by atoms with E-state index in [2.05, 4.69) is 0 Å². The van der Waals surface area contributed by atoms with Gasteiger partial charge in [0.2, 0.25) is 5.91 Å². The summed E-state index contributed by atoms with van der Waals surface area (Å²) in [7, 11) is 1.77. The zero-order valence-corrected chi connectivity index (χ0v) is 16.7. The number of para-hydroxylation sites is 1. The number of nitrogens with zero attached hydrogens (tertiary/aromatic N) is 3. The number of halogens is 1. The summed E-state index contributed by atoms with van der Waals surface area (Å²) in [5, 5.41) is 5.41. The van der Waals surface area contributed by atoms with Gasteiger partial charge < -0.3 is 9.32 Å². The summed E-state index contributed by atoms with van der Waals surface area (Å²) < 4.78 is 7.15. The number of hydrogen-bond donors (Lipinski definition) is 0. The molecule has 2 heterocycles. The number of benzene rings is 2. The van der Waals surface area contributed by atoms with E-state index in [9.17, 15) is 4.79 Å². The highest BCUT2D eigenvalue weighted by Crippen LogP contribution is 2.26. The lowest BCUT2D eigenvalue weighted by Crippen LogP contribution is -2.27. The third-order valence-electron chi connectivity index (χ3n) is 4.67. The molecule has 0 aliphatic heterocycles. The molecule has 0 bridgehead atoms. The Morgan fingerprint density at radius 1 is 1.07 bits per heavy atom. The van der Waals surface area contributed by atoms with Gasteiger partial charge in [0, 0.05) is 29.4 Å². The molecule has 0 atom stereocenters. The molecule has 0 N–H and O–H groups in total. The maximum atomic E-state index is 12.8. The Morgan fingerprint density at radius 3 is 2.52 bits per heavy atom. The molecule has 0 spiro atoms. The lowest BCUT2D eigenvalue weighted by atomic mass is 10.1. The van der Waals surface area contributed by atoms with Gasteiger partial charge >= 0.3 is 0 Å². The molecule has 2 aromatic carbocycles. The van der Waals surface area contributed by atoms with Gasteiger partial charge in [0.25, 0.3) is 0 Å². The van der Waals surface area contributed by atoms with E-state index in [0.717, 1.165) is 28.3 Å². The van der Waals surface area contributed by atoms with E-state index in [4.69, 9.17) is 21.1 Å². The SMILES string of the molecule is CN(Cc1ccco1)C(=O)Cc1cn(-c2ccccc2)nc1-c1ccc(Cl)cc1. The van der Waals surface area contributed by atoms with Gasteiger partial charge in [0.1, 0.15) is 5.76 Å². The van der Waals surface area contributed by atoms with E-state index < -0.39 is 0 Å². The van der Waals surface area contributed by atoms with Gasteiger partial charge in [-0.3, -0.25) is 4.79 Å². The van der Waals surface area contributed by atoms with Crippen molar-refractivity contribution >= 4 is 17.5 Å². The van der Waals surface area contributed by atoms with Gasteiger partial charge in [0.15, 0.2) is 0 Å². The fraction of sp³-hybridized carbons (Fsp3) is 0.130. The standard InChI is InChI=1S/C23H20ClN3O2/c1-26(16-21-8-5-13-29-21)22(28)14-18-15-27(20-6-3-2-4-7-20)25-23(18)17-9-11-19(24)12-10-17/h2-13,15H,14,16H2,1H3. The smallest absolute Gasteiger partial charge is 0.227 e. The molecular formula is C23H20ClN3O2. The fourth-order valence-corrected chi connectivity index (χ4v) is 3.25. The topological polar surface area (TPSA) is 51.3 Å². The van der Waals surface area contributed by atoms with Crippen molar-refractivity contribution in [1.29, 1.82) is 0 Å². The number of aromatic nitrogens is 2. The molecule has 0 saturated heterocycles. The molecule has 6 heteroatoms. The van der Waals surface area contributed by atoms with Crippen LogP contribution in [0.25, 0.3) is 16.9 Å². The normalized spacial score (nSPS) is 10.8. The molecule has 2 aromatic heterocycles. The molecule has 4 rings (SSSR count). The van der Waals surface area contributed by atoms with Crippen molar-refractivity contribution in [1.82, 2.24) is 14.7 Å². The van der Waals surface area contributed by atoms with Crippen molar-refractivity contribution in [2.24, 2.45) is 0 Å². The van der Waals surface area contributed by atoms with Crippen LogP contribution in [0.5, 0.6) is 0 Å². The van der Waals surface area contributed by atoms with Gasteiger partial charge in [-0.1, -0.05) is 41.9 Å². The minimum absolute atomic E-state index is 0.00998. The maximum absolute atomic E-state index is 12.8. The van der Waals surface area contributed by atoms with E-state index in [1.807, 2.05) is 72.9 Å². The van der Waals surface area contributed by atoms with Crippen LogP contribution < -0.4 is 0 Å². The minimum Gasteiger partial charge on any atom is -0.467 e. The van der Waals surface area contributed by atoms with Gasteiger partial charge in [0.05, 0.1) is 30.6 Å². The summed E-state index contributed by atoms with van der Waals surface area (Å²) in [6.45, 7) is 0.426. The first-order chi connectivity index (χ1) is 14.1. The van der Waals surface area contributed by atoms with Gasteiger partial charge in [-0.15, -0.1) is 0 Å². The Balaban J connectivity index is 1.64. The first-order valence-electron chi connectivity index (χ1n) is 9.26. The van der Waals surface area contributed by atoms with Crippen molar-refractivity contribution in [3.8, 4) is 16.9 Å². The monoisotopic (exact) mass is 405 g/mol. The third-order valence-corrected chi connectivity index (χ3v) is 4.92. The van der Waals surface area contributed by atoms with Crippen LogP contribution in [-0.2, 0) is 17.8 Å². The van der Waals surface area contributed by atoms with Crippen LogP contribution in [0.3, 0.4) is 0 Å². The number of amides is 1. The summed E-state index contributed by atoms with van der Waals surface area (Å²) >= 11 is 6.04. The van der Waals surface area contributed by atoms with Crippen LogP contribution in [0.2, 0.25) is 5.02 Å². The van der Waals surface area contributed by atoms with Crippen LogP contribution in [0, 0.1) is 0 Å². The molecule has 1 amide bonds. The van der Waals surface area contributed by atoms with Gasteiger partial charge in [-0.05, 0) is 36.4 Å². The molecule has 0 saturated carbocycles. The number of hydrogen-bond acceptors (Lipinski definition) is 3. The minimum atomic E-state index is -0.00998. The lowest BCUT2D eigenvalue weighted by Gasteiger charge is -2.15. The maximum Gasteiger partial charge on any atom is 0.227 e. The van der Waals surface area contributed by atoms with Crippen LogP contribution in [-0.4, -0.2) is 27.6 Å². The average molecular weight is 406 g/mol. The molecular weight excluding hydrogens is 386 g/mol. The first kappa shape index (κ1) is 19.0. The van der Waals surface area contributed by atoms with Crippen molar-refractivity contribution < 1.29 is 9.21 Å². The molecule has 5 nitrogen and oxygen atoms in total. The molecule has 0 radical (unpaired) electrons. The van der Waals surface area contributed by atoms with Crippen LogP contribution in [0.1, 0.15) is 11.3 Å². The van der Waals surface area contributed by atoms with Crippen molar-refractivity contribution in [2.45, 2.75) is 13.0 Å². The molecule has 0 aliphatic rings. The summed E-state index contributed by atoms with van der Waals surface area (Å²) in [6, 6.07) is 21.0. The summed E-state index contributed by atoms with van der Waals surface area (Å²) in [6.07, 6.45) is 3.76. The van der Waals surface area contributed by atoms with E-state index in [1.54, 1.807) is 22.9 Å². The molecule has 0 aliphatic carbocycles. The Morgan fingerprint density at radius 2 is 1.83 bits per heavy atom.